The van der Waals surface area contributed by atoms with Crippen LogP contribution < -0.4 is 5.43 Å². The average molecular weight is 468 g/mol. The van der Waals surface area contributed by atoms with Crippen LogP contribution in [0.3, 0.4) is 0 Å². The van der Waals surface area contributed by atoms with E-state index in [0.717, 1.165) is 12.5 Å². The monoisotopic (exact) mass is 468 g/mol. The number of furan rings is 1. The molecule has 3 aromatic rings. The minimum Gasteiger partial charge on any atom is -0.478 e. The molecule has 0 bridgehead atoms. The zero-order chi connectivity index (χ0) is 25.3. The molecule has 3 N–H and O–H groups in total. The van der Waals surface area contributed by atoms with Crippen LogP contribution in [0.25, 0.3) is 11.3 Å². The number of carboxylic acids is 2. The molecular weight excluding hydrogens is 448 g/mol. The lowest BCUT2D eigenvalue weighted by Crippen LogP contribution is -2.06. The second kappa shape index (κ2) is 11.6. The van der Waals surface area contributed by atoms with E-state index in [4.69, 9.17) is 14.6 Å². The number of carbonyl (C=O) groups excluding carboxylic acids is 1. The fourth-order valence-electron chi connectivity index (χ4n) is 2.42. The highest BCUT2D eigenvalue weighted by molar-refractivity contribution is 5.96. The van der Waals surface area contributed by atoms with Crippen LogP contribution in [0.5, 0.6) is 0 Å². The van der Waals surface area contributed by atoms with Gasteiger partial charge in [0.05, 0.1) is 28.0 Å². The topological polar surface area (TPSA) is 176 Å². The number of carbonyl (C=O) groups is 3. The Morgan fingerprint density at radius 2 is 1.59 bits per heavy atom. The number of nitro benzene ring substituents is 1. The molecule has 2 aromatic carbocycles. The van der Waals surface area contributed by atoms with E-state index < -0.39 is 16.9 Å². The summed E-state index contributed by atoms with van der Waals surface area (Å²) in [5, 5.41) is 32.9. The molecule has 176 valence electrons. The van der Waals surface area contributed by atoms with Gasteiger partial charge in [0.25, 0.3) is 5.69 Å². The molecule has 12 heteroatoms. The maximum Gasteiger partial charge on any atom is 0.335 e. The van der Waals surface area contributed by atoms with Gasteiger partial charge in [-0.25, -0.2) is 9.59 Å². The Morgan fingerprint density at radius 3 is 2.06 bits per heavy atom. The Balaban J connectivity index is 0.000000739. The first kappa shape index (κ1) is 25.3. The number of carboxylic acid groups (broad SMARTS) is 2. The summed E-state index contributed by atoms with van der Waals surface area (Å²) >= 11 is 0. The van der Waals surface area contributed by atoms with E-state index >= 15 is 0 Å². The summed E-state index contributed by atoms with van der Waals surface area (Å²) in [5.41, 5.74) is 3.12. The highest BCUT2D eigenvalue weighted by Crippen LogP contribution is 2.25. The quantitative estimate of drug-likeness (QED) is 0.193. The second-order valence-corrected chi connectivity index (χ2v) is 6.85. The van der Waals surface area contributed by atoms with Crippen molar-refractivity contribution in [2.45, 2.75) is 0 Å². The largest absolute Gasteiger partial charge is 0.478 e. The van der Waals surface area contributed by atoms with Crippen LogP contribution in [0, 0.1) is 10.1 Å². The van der Waals surface area contributed by atoms with Gasteiger partial charge in [0, 0.05) is 31.8 Å². The van der Waals surface area contributed by atoms with E-state index in [1.807, 2.05) is 0 Å². The van der Waals surface area contributed by atoms with Gasteiger partial charge in [-0.2, -0.15) is 5.10 Å². The lowest BCUT2D eigenvalue weighted by Gasteiger charge is -2.03. The van der Waals surface area contributed by atoms with Crippen molar-refractivity contribution in [1.82, 2.24) is 4.90 Å². The Morgan fingerprint density at radius 1 is 1.03 bits per heavy atom. The molecule has 0 radical (unpaired) electrons. The van der Waals surface area contributed by atoms with Crippen molar-refractivity contribution in [2.24, 2.45) is 5.10 Å². The summed E-state index contributed by atoms with van der Waals surface area (Å²) in [5.74, 6) is -1.91. The van der Waals surface area contributed by atoms with Gasteiger partial charge in [-0.1, -0.05) is 0 Å². The molecule has 1 heterocycles. The van der Waals surface area contributed by atoms with E-state index in [2.05, 4.69) is 10.5 Å². The van der Waals surface area contributed by atoms with Gasteiger partial charge >= 0.3 is 11.9 Å². The number of benzene rings is 2. The standard InChI is InChI=1S/C19H13N3O7.C3H7NO/c23-18(24)12-7-11(8-13(9-12)19(25)26)17-6-5-16(29-17)10-20-21-14-1-3-15(4-2-14)22(27)28;1-4(2)3-5/h1-10,21H,(H,23,24)(H,25,26);3H,1-2H3/b20-10+;. The highest BCUT2D eigenvalue weighted by atomic mass is 16.6. The van der Waals surface area contributed by atoms with Crippen LogP contribution in [0.1, 0.15) is 26.5 Å². The van der Waals surface area contributed by atoms with Crippen molar-refractivity contribution in [3.63, 3.8) is 0 Å². The average Bonchev–Trinajstić information content (AvgIpc) is 3.28. The molecule has 0 aliphatic heterocycles. The lowest BCUT2D eigenvalue weighted by molar-refractivity contribution is -0.384. The summed E-state index contributed by atoms with van der Waals surface area (Å²) in [4.78, 5) is 43.4. The van der Waals surface area contributed by atoms with E-state index in [1.54, 1.807) is 26.2 Å². The van der Waals surface area contributed by atoms with Crippen molar-refractivity contribution in [3.8, 4) is 11.3 Å². The molecule has 0 spiro atoms. The Hall–Kier alpha value is -5.00. The molecule has 3 rings (SSSR count). The van der Waals surface area contributed by atoms with Crippen molar-refractivity contribution in [3.05, 3.63) is 81.6 Å². The van der Waals surface area contributed by atoms with Gasteiger partial charge in [0.2, 0.25) is 6.41 Å². The molecule has 1 aromatic heterocycles. The molecule has 0 aliphatic carbocycles. The van der Waals surface area contributed by atoms with E-state index in [-0.39, 0.29) is 22.6 Å². The van der Waals surface area contributed by atoms with Gasteiger partial charge in [-0.05, 0) is 42.5 Å². The van der Waals surface area contributed by atoms with Gasteiger partial charge in [-0.15, -0.1) is 0 Å². The van der Waals surface area contributed by atoms with Crippen LogP contribution >= 0.6 is 0 Å². The zero-order valence-electron chi connectivity index (χ0n) is 18.0. The molecule has 1 amide bonds. The van der Waals surface area contributed by atoms with Crippen LogP contribution in [0.2, 0.25) is 0 Å². The molecule has 0 aliphatic rings. The second-order valence-electron chi connectivity index (χ2n) is 6.85. The molecular formula is C22H20N4O8. The minimum atomic E-state index is -1.25. The Labute approximate surface area is 192 Å². The number of non-ortho nitro benzene ring substituents is 1. The molecule has 0 saturated carbocycles. The van der Waals surface area contributed by atoms with E-state index in [0.29, 0.717) is 17.0 Å². The van der Waals surface area contributed by atoms with Gasteiger partial charge in [0.15, 0.2) is 0 Å². The SMILES string of the molecule is CN(C)C=O.O=C(O)c1cc(C(=O)O)cc(-c2ccc(/C=N/Nc3ccc([N+](=O)[O-])cc3)o2)c1. The number of rotatable bonds is 8. The predicted molar refractivity (Wildman–Crippen MR) is 122 cm³/mol. The number of anilines is 1. The molecule has 0 saturated heterocycles. The predicted octanol–water partition coefficient (Wildman–Crippen LogP) is 3.40. The third kappa shape index (κ3) is 7.30. The van der Waals surface area contributed by atoms with Crippen LogP contribution in [-0.2, 0) is 4.79 Å². The smallest absolute Gasteiger partial charge is 0.335 e. The highest BCUT2D eigenvalue weighted by Gasteiger charge is 2.14. The zero-order valence-corrected chi connectivity index (χ0v) is 18.0. The van der Waals surface area contributed by atoms with Crippen LogP contribution in [-0.4, -0.2) is 58.7 Å². The first-order valence-corrected chi connectivity index (χ1v) is 9.48. The fourth-order valence-corrected chi connectivity index (χ4v) is 2.42. The van der Waals surface area contributed by atoms with Gasteiger partial charge in [-0.3, -0.25) is 20.3 Å². The molecule has 12 nitrogen and oxygen atoms in total. The molecule has 0 fully saturated rings. The van der Waals surface area contributed by atoms with Crippen LogP contribution in [0.15, 0.2) is 64.1 Å². The summed E-state index contributed by atoms with van der Waals surface area (Å²) in [7, 11) is 3.38. The Kier molecular flexibility index (Phi) is 8.60. The Bertz CT molecular complexity index is 1180. The molecule has 0 atom stereocenters. The van der Waals surface area contributed by atoms with Gasteiger partial charge in [0.1, 0.15) is 11.5 Å². The van der Waals surface area contributed by atoms with E-state index in [1.165, 1.54) is 47.5 Å². The lowest BCUT2D eigenvalue weighted by atomic mass is 10.0. The summed E-state index contributed by atoms with van der Waals surface area (Å²) in [6.45, 7) is 0. The maximum absolute atomic E-state index is 11.2. The normalized spacial score (nSPS) is 10.2. The van der Waals surface area contributed by atoms with Crippen LogP contribution in [0.4, 0.5) is 11.4 Å². The number of hydrazone groups is 1. The minimum absolute atomic E-state index is 0.0421. The fraction of sp³-hybridized carbons (Fsp3) is 0.0909. The first-order chi connectivity index (χ1) is 16.1. The van der Waals surface area contributed by atoms with E-state index in [9.17, 15) is 24.5 Å². The maximum atomic E-state index is 11.2. The molecule has 34 heavy (non-hydrogen) atoms. The number of hydrogen-bond acceptors (Lipinski definition) is 8. The molecule has 0 unspecified atom stereocenters. The number of amides is 1. The third-order valence-electron chi connectivity index (χ3n) is 4.01. The number of hydrogen-bond donors (Lipinski definition) is 3. The van der Waals surface area contributed by atoms with Crippen molar-refractivity contribution < 1.29 is 33.9 Å². The summed E-state index contributed by atoms with van der Waals surface area (Å²) in [6, 6.07) is 12.5. The van der Waals surface area contributed by atoms with Crippen molar-refractivity contribution in [2.75, 3.05) is 19.5 Å². The summed E-state index contributed by atoms with van der Waals surface area (Å²) < 4.78 is 5.56. The van der Waals surface area contributed by atoms with Gasteiger partial charge < -0.3 is 19.5 Å². The number of nitrogens with zero attached hydrogens (tertiary/aromatic N) is 3. The van der Waals surface area contributed by atoms with Crippen molar-refractivity contribution >= 4 is 35.9 Å². The number of aromatic carboxylic acids is 2. The number of nitro groups is 1. The summed E-state index contributed by atoms with van der Waals surface area (Å²) in [6.07, 6.45) is 2.10. The van der Waals surface area contributed by atoms with Crippen molar-refractivity contribution in [1.29, 1.82) is 0 Å². The first-order valence-electron chi connectivity index (χ1n) is 9.48. The number of nitrogens with one attached hydrogen (secondary N) is 1. The third-order valence-corrected chi connectivity index (χ3v) is 4.01.